The first-order valence-electron chi connectivity index (χ1n) is 7.29. The number of amides is 1. The van der Waals surface area contributed by atoms with E-state index in [2.05, 4.69) is 5.32 Å². The number of hydrogen-bond acceptors (Lipinski definition) is 3. The molecule has 23 heavy (non-hydrogen) atoms. The maximum Gasteiger partial charge on any atom is 0.251 e. The quantitative estimate of drug-likeness (QED) is 0.652. The van der Waals surface area contributed by atoms with Crippen LogP contribution in [0.5, 0.6) is 0 Å². The molecule has 0 aliphatic rings. The van der Waals surface area contributed by atoms with Gasteiger partial charge in [-0.05, 0) is 12.5 Å². The van der Waals surface area contributed by atoms with Gasteiger partial charge >= 0.3 is 0 Å². The summed E-state index contributed by atoms with van der Waals surface area (Å²) in [5.74, 6) is -0.978. The molecule has 0 fully saturated rings. The van der Waals surface area contributed by atoms with Gasteiger partial charge in [-0.25, -0.2) is 0 Å². The Morgan fingerprint density at radius 1 is 1.17 bits per heavy atom. The predicted octanol–water partition coefficient (Wildman–Crippen LogP) is 2.45. The van der Waals surface area contributed by atoms with E-state index in [0.29, 0.717) is 12.1 Å². The molecule has 2 aromatic rings. The van der Waals surface area contributed by atoms with Crippen LogP contribution in [0.3, 0.4) is 0 Å². The van der Waals surface area contributed by atoms with E-state index in [1.165, 1.54) is 18.3 Å². The highest BCUT2D eigenvalue weighted by atomic mass is 35.5. The van der Waals surface area contributed by atoms with Crippen LogP contribution in [-0.4, -0.2) is 22.8 Å². The van der Waals surface area contributed by atoms with Gasteiger partial charge in [0.05, 0.1) is 5.02 Å². The molecule has 0 saturated heterocycles. The number of halogens is 1. The van der Waals surface area contributed by atoms with Gasteiger partial charge in [0.1, 0.15) is 0 Å². The molecule has 5 nitrogen and oxygen atoms in total. The van der Waals surface area contributed by atoms with Crippen molar-refractivity contribution in [1.29, 1.82) is 0 Å². The molecule has 0 saturated carbocycles. The normalized spacial score (nSPS) is 11.7. The summed E-state index contributed by atoms with van der Waals surface area (Å²) in [5.41, 5.74) is -0.105. The molecule has 1 aromatic heterocycles. The van der Waals surface area contributed by atoms with Crippen molar-refractivity contribution in [2.45, 2.75) is 19.4 Å². The molecule has 0 aliphatic heterocycles. The van der Waals surface area contributed by atoms with E-state index >= 15 is 0 Å². The Bertz CT molecular complexity index is 756. The lowest BCUT2D eigenvalue weighted by Gasteiger charge is -2.18. The largest absolute Gasteiger partial charge is 0.354 e. The third-order valence-corrected chi connectivity index (χ3v) is 3.51. The SMILES string of the molecule is CCCNC(=O)C(C(=O)c1ccccc1)n1cc(Cl)ccc1=O. The Kier molecular flexibility index (Phi) is 5.71. The third-order valence-electron chi connectivity index (χ3n) is 3.28. The van der Waals surface area contributed by atoms with Gasteiger partial charge in [0.2, 0.25) is 0 Å². The van der Waals surface area contributed by atoms with Gasteiger partial charge in [0.15, 0.2) is 11.8 Å². The molecule has 6 heteroatoms. The molecule has 1 heterocycles. The lowest BCUT2D eigenvalue weighted by Crippen LogP contribution is -2.41. The van der Waals surface area contributed by atoms with Crippen LogP contribution in [0, 0.1) is 0 Å². The number of aromatic nitrogens is 1. The van der Waals surface area contributed by atoms with Crippen molar-refractivity contribution in [2.75, 3.05) is 6.54 Å². The molecule has 0 aliphatic carbocycles. The highest BCUT2D eigenvalue weighted by Crippen LogP contribution is 2.16. The van der Waals surface area contributed by atoms with Gasteiger partial charge in [0, 0.05) is 24.4 Å². The van der Waals surface area contributed by atoms with Gasteiger partial charge in [-0.1, -0.05) is 48.9 Å². The monoisotopic (exact) mass is 332 g/mol. The summed E-state index contributed by atoms with van der Waals surface area (Å²) in [6.45, 7) is 2.33. The highest BCUT2D eigenvalue weighted by molar-refractivity contribution is 6.30. The van der Waals surface area contributed by atoms with Crippen LogP contribution in [0.2, 0.25) is 5.02 Å². The lowest BCUT2D eigenvalue weighted by atomic mass is 10.0. The van der Waals surface area contributed by atoms with Crippen LogP contribution in [0.4, 0.5) is 0 Å². The number of benzene rings is 1. The minimum Gasteiger partial charge on any atom is -0.354 e. The molecule has 1 atom stereocenters. The maximum absolute atomic E-state index is 12.7. The van der Waals surface area contributed by atoms with Crippen molar-refractivity contribution in [2.24, 2.45) is 0 Å². The average Bonchev–Trinajstić information content (AvgIpc) is 2.57. The van der Waals surface area contributed by atoms with E-state index in [9.17, 15) is 14.4 Å². The van der Waals surface area contributed by atoms with Gasteiger partial charge in [-0.3, -0.25) is 19.0 Å². The molecule has 0 spiro atoms. The number of pyridine rings is 1. The van der Waals surface area contributed by atoms with Crippen LogP contribution in [0.15, 0.2) is 53.5 Å². The molecule has 1 aromatic carbocycles. The van der Waals surface area contributed by atoms with Crippen molar-refractivity contribution in [3.05, 3.63) is 69.6 Å². The molecule has 2 rings (SSSR count). The standard InChI is InChI=1S/C17H17ClN2O3/c1-2-10-19-17(23)15(16(22)12-6-4-3-5-7-12)20-11-13(18)8-9-14(20)21/h3-9,11,15H,2,10H2,1H3,(H,19,23). The van der Waals surface area contributed by atoms with E-state index in [-0.39, 0.29) is 5.02 Å². The second-order valence-electron chi connectivity index (χ2n) is 5.02. The van der Waals surface area contributed by atoms with E-state index in [1.807, 2.05) is 6.92 Å². The average molecular weight is 333 g/mol. The number of nitrogens with zero attached hydrogens (tertiary/aromatic N) is 1. The number of nitrogens with one attached hydrogen (secondary N) is 1. The first-order valence-corrected chi connectivity index (χ1v) is 7.67. The number of ketones is 1. The zero-order valence-corrected chi connectivity index (χ0v) is 13.4. The summed E-state index contributed by atoms with van der Waals surface area (Å²) in [7, 11) is 0. The van der Waals surface area contributed by atoms with Crippen LogP contribution in [0.1, 0.15) is 29.7 Å². The zero-order chi connectivity index (χ0) is 16.8. The van der Waals surface area contributed by atoms with Gasteiger partial charge in [-0.15, -0.1) is 0 Å². The molecule has 0 bridgehead atoms. The van der Waals surface area contributed by atoms with Crippen molar-refractivity contribution < 1.29 is 9.59 Å². The topological polar surface area (TPSA) is 68.2 Å². The van der Waals surface area contributed by atoms with Gasteiger partial charge in [-0.2, -0.15) is 0 Å². The Balaban J connectivity index is 2.47. The second-order valence-corrected chi connectivity index (χ2v) is 5.45. The van der Waals surface area contributed by atoms with E-state index < -0.39 is 23.3 Å². The smallest absolute Gasteiger partial charge is 0.251 e. The molecular formula is C17H17ClN2O3. The van der Waals surface area contributed by atoms with Crippen molar-refractivity contribution in [1.82, 2.24) is 9.88 Å². The number of Topliss-reactive ketones (excluding diaryl/α,β-unsaturated/α-hetero) is 1. The second kappa shape index (κ2) is 7.74. The number of carbonyl (C=O) groups is 2. The lowest BCUT2D eigenvalue weighted by molar-refractivity contribution is -0.123. The summed E-state index contributed by atoms with van der Waals surface area (Å²) < 4.78 is 1.07. The Morgan fingerprint density at radius 3 is 2.52 bits per heavy atom. The van der Waals surface area contributed by atoms with Crippen LogP contribution < -0.4 is 10.9 Å². The Morgan fingerprint density at radius 2 is 1.87 bits per heavy atom. The Hall–Kier alpha value is -2.40. The molecule has 1 amide bonds. The predicted molar refractivity (Wildman–Crippen MR) is 88.8 cm³/mol. The van der Waals surface area contributed by atoms with Crippen LogP contribution >= 0.6 is 11.6 Å². The maximum atomic E-state index is 12.7. The fraction of sp³-hybridized carbons (Fsp3) is 0.235. The molecule has 1 N–H and O–H groups in total. The molecular weight excluding hydrogens is 316 g/mol. The fourth-order valence-corrected chi connectivity index (χ4v) is 2.32. The number of carbonyl (C=O) groups excluding carboxylic acids is 2. The van der Waals surface area contributed by atoms with E-state index in [0.717, 1.165) is 11.0 Å². The minimum atomic E-state index is -1.28. The summed E-state index contributed by atoms with van der Waals surface area (Å²) in [6.07, 6.45) is 2.03. The van der Waals surface area contributed by atoms with Crippen LogP contribution in [-0.2, 0) is 4.79 Å². The summed E-state index contributed by atoms with van der Waals surface area (Å²) >= 11 is 5.92. The Labute approximate surface area is 138 Å². The van der Waals surface area contributed by atoms with Crippen LogP contribution in [0.25, 0.3) is 0 Å². The van der Waals surface area contributed by atoms with E-state index in [4.69, 9.17) is 11.6 Å². The van der Waals surface area contributed by atoms with Gasteiger partial charge < -0.3 is 5.32 Å². The number of rotatable bonds is 6. The van der Waals surface area contributed by atoms with Crippen molar-refractivity contribution >= 4 is 23.3 Å². The first kappa shape index (κ1) is 17.0. The summed E-state index contributed by atoms with van der Waals surface area (Å²) in [4.78, 5) is 37.3. The minimum absolute atomic E-state index is 0.277. The van der Waals surface area contributed by atoms with Gasteiger partial charge in [0.25, 0.3) is 11.5 Å². The molecule has 120 valence electrons. The first-order chi connectivity index (χ1) is 11.0. The third kappa shape index (κ3) is 4.07. The molecule has 1 unspecified atom stereocenters. The summed E-state index contributed by atoms with van der Waals surface area (Å²) in [5, 5.41) is 2.94. The summed E-state index contributed by atoms with van der Waals surface area (Å²) in [6, 6.07) is 9.78. The number of hydrogen-bond donors (Lipinski definition) is 1. The van der Waals surface area contributed by atoms with Crippen molar-refractivity contribution in [3.63, 3.8) is 0 Å². The zero-order valence-electron chi connectivity index (χ0n) is 12.7. The fourth-order valence-electron chi connectivity index (χ4n) is 2.16. The highest BCUT2D eigenvalue weighted by Gasteiger charge is 2.29. The van der Waals surface area contributed by atoms with E-state index in [1.54, 1.807) is 30.3 Å². The molecule has 0 radical (unpaired) electrons. The van der Waals surface area contributed by atoms with Crippen molar-refractivity contribution in [3.8, 4) is 0 Å².